The molecule has 0 radical (unpaired) electrons. The van der Waals surface area contributed by atoms with Gasteiger partial charge in [-0.3, -0.25) is 15.0 Å². The third kappa shape index (κ3) is 5.44. The third-order valence-electron chi connectivity index (χ3n) is 3.62. The zero-order valence-electron chi connectivity index (χ0n) is 16.0. The maximum Gasteiger partial charge on any atom is 0.415 e. The highest BCUT2D eigenvalue weighted by molar-refractivity contribution is 5.92. The number of anilines is 1. The molecule has 2 rings (SSSR count). The molecular formula is C20H24N2O5. The number of nitrogens with zero attached hydrogens (tertiary/aromatic N) is 2. The van der Waals surface area contributed by atoms with Gasteiger partial charge >= 0.3 is 11.8 Å². The molecule has 0 aromatic heterocycles. The normalized spacial score (nSPS) is 11.0. The lowest BCUT2D eigenvalue weighted by molar-refractivity contribution is -0.385. The van der Waals surface area contributed by atoms with E-state index in [9.17, 15) is 14.9 Å². The Kier molecular flexibility index (Phi) is 6.39. The Balaban J connectivity index is 2.35. The van der Waals surface area contributed by atoms with Crippen molar-refractivity contribution >= 4 is 17.5 Å². The summed E-state index contributed by atoms with van der Waals surface area (Å²) in [5, 5.41) is 11.7. The molecule has 0 heterocycles. The second kappa shape index (κ2) is 8.53. The van der Waals surface area contributed by atoms with Crippen molar-refractivity contribution in [1.29, 1.82) is 0 Å². The van der Waals surface area contributed by atoms with E-state index in [1.54, 1.807) is 33.8 Å². The lowest BCUT2D eigenvalue weighted by Crippen LogP contribution is -2.37. The minimum Gasteiger partial charge on any atom is -0.482 e. The van der Waals surface area contributed by atoms with Gasteiger partial charge in [-0.15, -0.1) is 0 Å². The average molecular weight is 372 g/mol. The number of nitro benzene ring substituents is 1. The predicted octanol–water partition coefficient (Wildman–Crippen LogP) is 4.94. The van der Waals surface area contributed by atoms with Crippen LogP contribution in [0.4, 0.5) is 16.2 Å². The van der Waals surface area contributed by atoms with Gasteiger partial charge in [0.05, 0.1) is 4.92 Å². The summed E-state index contributed by atoms with van der Waals surface area (Å²) in [5.74, 6) is 0.100. The van der Waals surface area contributed by atoms with Crippen molar-refractivity contribution < 1.29 is 19.2 Å². The van der Waals surface area contributed by atoms with Gasteiger partial charge in [0.25, 0.3) is 0 Å². The molecule has 0 aliphatic carbocycles. The number of carbonyl (C=O) groups excluding carboxylic acids is 1. The molecule has 2 aromatic carbocycles. The van der Waals surface area contributed by atoms with Crippen molar-refractivity contribution in [3.63, 3.8) is 0 Å². The quantitative estimate of drug-likeness (QED) is 0.530. The van der Waals surface area contributed by atoms with Crippen molar-refractivity contribution in [2.24, 2.45) is 0 Å². The average Bonchev–Trinajstić information content (AvgIpc) is 2.59. The van der Waals surface area contributed by atoms with Crippen LogP contribution >= 0.6 is 0 Å². The first kappa shape index (κ1) is 20.2. The molecule has 0 saturated heterocycles. The van der Waals surface area contributed by atoms with Crippen molar-refractivity contribution in [3.05, 3.63) is 64.2 Å². The van der Waals surface area contributed by atoms with Crippen LogP contribution in [0.5, 0.6) is 5.75 Å². The molecular weight excluding hydrogens is 348 g/mol. The van der Waals surface area contributed by atoms with Crippen LogP contribution in [0.25, 0.3) is 0 Å². The Morgan fingerprint density at radius 3 is 2.33 bits per heavy atom. The number of rotatable bonds is 6. The van der Waals surface area contributed by atoms with E-state index in [0.717, 1.165) is 5.56 Å². The number of hydrogen-bond donors (Lipinski definition) is 0. The van der Waals surface area contributed by atoms with Crippen molar-refractivity contribution in [1.82, 2.24) is 0 Å². The molecule has 0 atom stereocenters. The Morgan fingerprint density at radius 2 is 1.78 bits per heavy atom. The van der Waals surface area contributed by atoms with Crippen LogP contribution in [0.3, 0.4) is 0 Å². The Morgan fingerprint density at radius 1 is 1.11 bits per heavy atom. The fourth-order valence-corrected chi connectivity index (χ4v) is 2.48. The van der Waals surface area contributed by atoms with E-state index >= 15 is 0 Å². The SMILES string of the molecule is CCN(C(=O)OC(C)(C)C)c1cccc(OCc2ccccc2)c1[N+](=O)[O-]. The largest absolute Gasteiger partial charge is 0.482 e. The number of carbonyl (C=O) groups is 1. The molecule has 0 fully saturated rings. The van der Waals surface area contributed by atoms with Crippen LogP contribution in [0, 0.1) is 10.1 Å². The van der Waals surface area contributed by atoms with Gasteiger partial charge in [0.15, 0.2) is 5.75 Å². The third-order valence-corrected chi connectivity index (χ3v) is 3.62. The van der Waals surface area contributed by atoms with Crippen LogP contribution in [-0.2, 0) is 11.3 Å². The smallest absolute Gasteiger partial charge is 0.415 e. The molecule has 27 heavy (non-hydrogen) atoms. The van der Waals surface area contributed by atoms with E-state index in [1.165, 1.54) is 17.0 Å². The molecule has 0 saturated carbocycles. The van der Waals surface area contributed by atoms with Crippen LogP contribution in [0.2, 0.25) is 0 Å². The maximum absolute atomic E-state index is 12.5. The molecule has 7 nitrogen and oxygen atoms in total. The second-order valence-corrected chi connectivity index (χ2v) is 6.88. The highest BCUT2D eigenvalue weighted by Gasteiger charge is 2.30. The van der Waals surface area contributed by atoms with Gasteiger partial charge in [-0.25, -0.2) is 4.79 Å². The number of nitro groups is 1. The second-order valence-electron chi connectivity index (χ2n) is 6.88. The minimum atomic E-state index is -0.708. The summed E-state index contributed by atoms with van der Waals surface area (Å²) in [6, 6.07) is 14.0. The van der Waals surface area contributed by atoms with Crippen LogP contribution in [0.15, 0.2) is 48.5 Å². The molecule has 7 heteroatoms. The lowest BCUT2D eigenvalue weighted by atomic mass is 10.2. The maximum atomic E-state index is 12.5. The highest BCUT2D eigenvalue weighted by atomic mass is 16.6. The number of hydrogen-bond acceptors (Lipinski definition) is 5. The zero-order valence-corrected chi connectivity index (χ0v) is 16.0. The predicted molar refractivity (Wildman–Crippen MR) is 103 cm³/mol. The van der Waals surface area contributed by atoms with E-state index in [-0.39, 0.29) is 30.3 Å². The monoisotopic (exact) mass is 372 g/mol. The van der Waals surface area contributed by atoms with E-state index in [1.807, 2.05) is 30.3 Å². The summed E-state index contributed by atoms with van der Waals surface area (Å²) < 4.78 is 11.1. The molecule has 1 amide bonds. The first-order valence-electron chi connectivity index (χ1n) is 8.67. The van der Waals surface area contributed by atoms with Crippen molar-refractivity contribution in [3.8, 4) is 5.75 Å². The van der Waals surface area contributed by atoms with Crippen LogP contribution in [0.1, 0.15) is 33.3 Å². The van der Waals surface area contributed by atoms with Gasteiger partial charge in [0.2, 0.25) is 0 Å². The molecule has 144 valence electrons. The van der Waals surface area contributed by atoms with Gasteiger partial charge in [0.1, 0.15) is 17.9 Å². The standard InChI is InChI=1S/C20H24N2O5/c1-5-21(19(23)27-20(2,3)4)16-12-9-13-17(18(16)22(24)25)26-14-15-10-7-6-8-11-15/h6-13H,5,14H2,1-4H3. The van der Waals surface area contributed by atoms with Gasteiger partial charge in [0, 0.05) is 6.54 Å². The van der Waals surface area contributed by atoms with E-state index < -0.39 is 16.6 Å². The summed E-state index contributed by atoms with van der Waals surface area (Å²) >= 11 is 0. The van der Waals surface area contributed by atoms with Gasteiger partial charge in [-0.1, -0.05) is 36.4 Å². The number of benzene rings is 2. The van der Waals surface area contributed by atoms with Crippen molar-refractivity contribution in [2.75, 3.05) is 11.4 Å². The number of amides is 1. The number of ether oxygens (including phenoxy) is 2. The highest BCUT2D eigenvalue weighted by Crippen LogP contribution is 2.38. The van der Waals surface area contributed by atoms with Crippen LogP contribution in [-0.4, -0.2) is 23.2 Å². The fraction of sp³-hybridized carbons (Fsp3) is 0.350. The molecule has 0 spiro atoms. The molecule has 0 bridgehead atoms. The first-order valence-corrected chi connectivity index (χ1v) is 8.67. The van der Waals surface area contributed by atoms with Crippen molar-refractivity contribution in [2.45, 2.75) is 39.9 Å². The fourth-order valence-electron chi connectivity index (χ4n) is 2.48. The van der Waals surface area contributed by atoms with Gasteiger partial charge in [-0.2, -0.15) is 0 Å². The lowest BCUT2D eigenvalue weighted by Gasteiger charge is -2.26. The summed E-state index contributed by atoms with van der Waals surface area (Å²) in [6.45, 7) is 7.36. The Labute approximate surface area is 158 Å². The Hall–Kier alpha value is -3.09. The molecule has 0 N–H and O–H groups in total. The van der Waals surface area contributed by atoms with E-state index in [0.29, 0.717) is 0 Å². The summed E-state index contributed by atoms with van der Waals surface area (Å²) in [6.07, 6.45) is -0.645. The van der Waals surface area contributed by atoms with Gasteiger partial charge < -0.3 is 9.47 Å². The van der Waals surface area contributed by atoms with Gasteiger partial charge in [-0.05, 0) is 45.4 Å². The van der Waals surface area contributed by atoms with E-state index in [4.69, 9.17) is 9.47 Å². The molecule has 0 aliphatic rings. The summed E-state index contributed by atoms with van der Waals surface area (Å²) in [5.41, 5.74) is 0.0564. The zero-order chi connectivity index (χ0) is 20.0. The molecule has 2 aromatic rings. The molecule has 0 aliphatic heterocycles. The Bertz CT molecular complexity index is 800. The number of para-hydroxylation sites is 1. The molecule has 0 unspecified atom stereocenters. The topological polar surface area (TPSA) is 81.9 Å². The van der Waals surface area contributed by atoms with Crippen LogP contribution < -0.4 is 9.64 Å². The summed E-state index contributed by atoms with van der Waals surface area (Å²) in [4.78, 5) is 24.9. The first-order chi connectivity index (χ1) is 12.7. The van der Waals surface area contributed by atoms with E-state index in [2.05, 4.69) is 0 Å². The minimum absolute atomic E-state index is 0.100. The summed E-state index contributed by atoms with van der Waals surface area (Å²) in [7, 11) is 0.